The van der Waals surface area contributed by atoms with Gasteiger partial charge in [0.1, 0.15) is 5.03 Å². The molecule has 0 radical (unpaired) electrons. The number of aromatic amines is 1. The molecule has 0 bridgehead atoms. The van der Waals surface area contributed by atoms with Crippen LogP contribution in [0, 0.1) is 0 Å². The summed E-state index contributed by atoms with van der Waals surface area (Å²) < 4.78 is 4.89. The lowest BCUT2D eigenvalue weighted by Crippen LogP contribution is -1.93. The van der Waals surface area contributed by atoms with Crippen molar-refractivity contribution in [1.82, 2.24) is 15.2 Å². The number of rotatable bonds is 4. The summed E-state index contributed by atoms with van der Waals surface area (Å²) in [7, 11) is 0. The van der Waals surface area contributed by atoms with E-state index in [1.165, 1.54) is 11.8 Å². The Balaban J connectivity index is 2.39. The summed E-state index contributed by atoms with van der Waals surface area (Å²) in [4.78, 5) is 15.1. The monoisotopic (exact) mass is 235 g/mol. The van der Waals surface area contributed by atoms with Gasteiger partial charge in [-0.25, -0.2) is 14.9 Å². The first-order valence-electron chi connectivity index (χ1n) is 4.56. The predicted molar refractivity (Wildman–Crippen MR) is 61.3 cm³/mol. The minimum Gasteiger partial charge on any atom is -0.388 e. The van der Waals surface area contributed by atoms with Crippen LogP contribution >= 0.6 is 11.8 Å². The average Bonchev–Trinajstić information content (AvgIpc) is 2.73. The zero-order chi connectivity index (χ0) is 11.4. The summed E-state index contributed by atoms with van der Waals surface area (Å²) in [5.74, 6) is 0.418. The SMILES string of the molecule is C=CCSc1ncccc1-c1n[nH]c(=O)o1. The van der Waals surface area contributed by atoms with E-state index in [0.717, 1.165) is 10.8 Å². The van der Waals surface area contributed by atoms with Gasteiger partial charge in [-0.2, -0.15) is 0 Å². The third-order valence-electron chi connectivity index (χ3n) is 1.78. The molecule has 2 rings (SSSR count). The van der Waals surface area contributed by atoms with E-state index in [1.807, 2.05) is 0 Å². The van der Waals surface area contributed by atoms with Crippen molar-refractivity contribution in [3.63, 3.8) is 0 Å². The number of pyridine rings is 1. The molecule has 0 spiro atoms. The Morgan fingerprint density at radius 1 is 1.62 bits per heavy atom. The Labute approximate surface area is 95.6 Å². The lowest BCUT2D eigenvalue weighted by atomic mass is 10.3. The average molecular weight is 235 g/mol. The van der Waals surface area contributed by atoms with Gasteiger partial charge in [0, 0.05) is 11.9 Å². The number of thioether (sulfide) groups is 1. The van der Waals surface area contributed by atoms with E-state index in [2.05, 4.69) is 21.8 Å². The van der Waals surface area contributed by atoms with Crippen molar-refractivity contribution in [2.75, 3.05) is 5.75 Å². The van der Waals surface area contributed by atoms with E-state index in [9.17, 15) is 4.79 Å². The molecule has 0 amide bonds. The summed E-state index contributed by atoms with van der Waals surface area (Å²) in [6.07, 6.45) is 3.46. The third-order valence-corrected chi connectivity index (χ3v) is 2.78. The molecule has 0 aliphatic carbocycles. The topological polar surface area (TPSA) is 71.8 Å². The zero-order valence-corrected chi connectivity index (χ0v) is 9.16. The molecule has 82 valence electrons. The van der Waals surface area contributed by atoms with E-state index in [0.29, 0.717) is 5.56 Å². The molecule has 0 saturated heterocycles. The molecular formula is C10H9N3O2S. The van der Waals surface area contributed by atoms with Crippen LogP contribution in [0.25, 0.3) is 11.5 Å². The molecule has 2 aromatic heterocycles. The van der Waals surface area contributed by atoms with E-state index in [4.69, 9.17) is 4.42 Å². The van der Waals surface area contributed by atoms with Crippen LogP contribution < -0.4 is 5.76 Å². The first-order chi connectivity index (χ1) is 7.81. The fourth-order valence-electron chi connectivity index (χ4n) is 1.15. The fraction of sp³-hybridized carbons (Fsp3) is 0.100. The van der Waals surface area contributed by atoms with Crippen molar-refractivity contribution >= 4 is 11.8 Å². The molecule has 0 aliphatic heterocycles. The van der Waals surface area contributed by atoms with E-state index in [1.54, 1.807) is 24.4 Å². The van der Waals surface area contributed by atoms with Gasteiger partial charge in [-0.3, -0.25) is 0 Å². The maximum atomic E-state index is 10.9. The van der Waals surface area contributed by atoms with Crippen molar-refractivity contribution in [1.29, 1.82) is 0 Å². The van der Waals surface area contributed by atoms with Gasteiger partial charge in [0.2, 0.25) is 0 Å². The molecule has 2 heterocycles. The summed E-state index contributed by atoms with van der Waals surface area (Å²) >= 11 is 1.51. The van der Waals surface area contributed by atoms with Crippen molar-refractivity contribution in [3.8, 4) is 11.5 Å². The molecule has 0 atom stereocenters. The van der Waals surface area contributed by atoms with Gasteiger partial charge < -0.3 is 4.42 Å². The van der Waals surface area contributed by atoms with Gasteiger partial charge in [0.15, 0.2) is 0 Å². The van der Waals surface area contributed by atoms with Crippen LogP contribution in [0.4, 0.5) is 0 Å². The molecule has 6 heteroatoms. The van der Waals surface area contributed by atoms with Crippen LogP contribution in [0.2, 0.25) is 0 Å². The van der Waals surface area contributed by atoms with Crippen LogP contribution in [0.5, 0.6) is 0 Å². The Bertz CT molecular complexity index is 547. The van der Waals surface area contributed by atoms with Crippen LogP contribution in [0.3, 0.4) is 0 Å². The number of hydrogen-bond donors (Lipinski definition) is 1. The second kappa shape index (κ2) is 4.80. The van der Waals surface area contributed by atoms with Gasteiger partial charge in [0.05, 0.1) is 5.56 Å². The molecule has 0 unspecified atom stereocenters. The molecule has 2 aromatic rings. The minimum atomic E-state index is -0.571. The van der Waals surface area contributed by atoms with Crippen molar-refractivity contribution < 1.29 is 4.42 Å². The van der Waals surface area contributed by atoms with E-state index in [-0.39, 0.29) is 5.89 Å². The highest BCUT2D eigenvalue weighted by molar-refractivity contribution is 7.99. The fourth-order valence-corrected chi connectivity index (χ4v) is 1.87. The normalized spacial score (nSPS) is 10.2. The minimum absolute atomic E-state index is 0.254. The molecule has 5 nitrogen and oxygen atoms in total. The van der Waals surface area contributed by atoms with Gasteiger partial charge in [-0.1, -0.05) is 6.08 Å². The maximum absolute atomic E-state index is 10.9. The summed E-state index contributed by atoms with van der Waals surface area (Å²) in [5.41, 5.74) is 0.702. The second-order valence-electron chi connectivity index (χ2n) is 2.87. The highest BCUT2D eigenvalue weighted by atomic mass is 32.2. The highest BCUT2D eigenvalue weighted by Crippen LogP contribution is 2.27. The molecule has 0 fully saturated rings. The summed E-state index contributed by atoms with van der Waals surface area (Å²) in [6.45, 7) is 3.64. The molecular weight excluding hydrogens is 226 g/mol. The smallest absolute Gasteiger partial charge is 0.388 e. The van der Waals surface area contributed by atoms with Gasteiger partial charge >= 0.3 is 5.76 Å². The molecule has 16 heavy (non-hydrogen) atoms. The standard InChI is InChI=1S/C10H9N3O2S/c1-2-6-16-9-7(4-3-5-11-9)8-12-13-10(14)15-8/h2-5H,1,6H2,(H,13,14). The van der Waals surface area contributed by atoms with Crippen molar-refractivity contribution in [2.45, 2.75) is 5.03 Å². The Hall–Kier alpha value is -1.82. The molecule has 0 saturated carbocycles. The number of hydrogen-bond acceptors (Lipinski definition) is 5. The largest absolute Gasteiger partial charge is 0.434 e. The molecule has 0 aliphatic rings. The van der Waals surface area contributed by atoms with E-state index >= 15 is 0 Å². The van der Waals surface area contributed by atoms with Crippen molar-refractivity contribution in [3.05, 3.63) is 41.5 Å². The lowest BCUT2D eigenvalue weighted by molar-refractivity contribution is 0.525. The zero-order valence-electron chi connectivity index (χ0n) is 8.34. The van der Waals surface area contributed by atoms with Crippen molar-refractivity contribution in [2.24, 2.45) is 0 Å². The van der Waals surface area contributed by atoms with Crippen LogP contribution in [-0.2, 0) is 0 Å². The molecule has 1 N–H and O–H groups in total. The summed E-state index contributed by atoms with van der Waals surface area (Å²) in [6, 6.07) is 3.57. The number of nitrogens with one attached hydrogen (secondary N) is 1. The Morgan fingerprint density at radius 3 is 3.19 bits per heavy atom. The number of H-pyrrole nitrogens is 1. The maximum Gasteiger partial charge on any atom is 0.434 e. The van der Waals surface area contributed by atoms with Crippen LogP contribution in [0.15, 0.2) is 45.2 Å². The highest BCUT2D eigenvalue weighted by Gasteiger charge is 2.11. The Morgan fingerprint density at radius 2 is 2.50 bits per heavy atom. The number of aromatic nitrogens is 3. The van der Waals surface area contributed by atoms with Crippen LogP contribution in [0.1, 0.15) is 0 Å². The van der Waals surface area contributed by atoms with E-state index < -0.39 is 5.76 Å². The third kappa shape index (κ3) is 2.22. The first-order valence-corrected chi connectivity index (χ1v) is 5.54. The van der Waals surface area contributed by atoms with Gasteiger partial charge in [0.25, 0.3) is 5.89 Å². The summed E-state index contributed by atoms with van der Waals surface area (Å²) in [5, 5.41) is 6.75. The van der Waals surface area contributed by atoms with Gasteiger partial charge in [-0.05, 0) is 12.1 Å². The first kappa shape index (κ1) is 10.7. The molecule has 0 aromatic carbocycles. The second-order valence-corrected chi connectivity index (χ2v) is 3.88. The number of nitrogens with zero attached hydrogens (tertiary/aromatic N) is 2. The van der Waals surface area contributed by atoms with Crippen LogP contribution in [-0.4, -0.2) is 20.9 Å². The van der Waals surface area contributed by atoms with Gasteiger partial charge in [-0.15, -0.1) is 23.4 Å². The Kier molecular flexibility index (Phi) is 3.21. The predicted octanol–water partition coefficient (Wildman–Crippen LogP) is 1.70. The lowest BCUT2D eigenvalue weighted by Gasteiger charge is -2.01. The quantitative estimate of drug-likeness (QED) is 0.645.